The van der Waals surface area contributed by atoms with E-state index < -0.39 is 28.4 Å². The first-order valence-electron chi connectivity index (χ1n) is 3.80. The Balaban J connectivity index is 3.54. The monoisotopic (exact) mass is 240 g/mol. The Hall–Kier alpha value is -1.10. The summed E-state index contributed by atoms with van der Waals surface area (Å²) in [6.07, 6.45) is -4.80. The van der Waals surface area contributed by atoms with E-state index >= 15 is 0 Å². The fourth-order valence-electron chi connectivity index (χ4n) is 1.17. The lowest BCUT2D eigenvalue weighted by Crippen LogP contribution is -2.13. The highest BCUT2D eigenvalue weighted by Gasteiger charge is 2.36. The lowest BCUT2D eigenvalue weighted by Gasteiger charge is -2.11. The topological polar surface area (TPSA) is 17.1 Å². The van der Waals surface area contributed by atoms with Crippen LogP contribution >= 0.6 is 11.6 Å². The Morgan fingerprint density at radius 1 is 1.33 bits per heavy atom. The molecule has 0 radical (unpaired) electrons. The van der Waals surface area contributed by atoms with Gasteiger partial charge in [-0.05, 0) is 36.2 Å². The van der Waals surface area contributed by atoms with E-state index in [-0.39, 0.29) is 5.56 Å². The molecule has 0 N–H and O–H groups in total. The first-order valence-corrected chi connectivity index (χ1v) is 4.18. The maximum atomic E-state index is 13.1. The zero-order valence-electron chi connectivity index (χ0n) is 7.45. The summed E-state index contributed by atoms with van der Waals surface area (Å²) >= 11 is 4.89. The third kappa shape index (κ3) is 2.47. The highest BCUT2D eigenvalue weighted by Crippen LogP contribution is 2.34. The van der Waals surface area contributed by atoms with Gasteiger partial charge in [0.1, 0.15) is 5.82 Å². The molecular formula is C9H5ClF4O. The molecule has 0 aromatic heterocycles. The highest BCUT2D eigenvalue weighted by atomic mass is 35.5. The third-order valence-electron chi connectivity index (χ3n) is 1.74. The average Bonchev–Trinajstić information content (AvgIpc) is 1.99. The first kappa shape index (κ1) is 12.0. The Kier molecular flexibility index (Phi) is 3.04. The van der Waals surface area contributed by atoms with Crippen LogP contribution in [0, 0.1) is 12.7 Å². The number of aryl methyl sites for hydroxylation is 1. The fourth-order valence-corrected chi connectivity index (χ4v) is 1.36. The largest absolute Gasteiger partial charge is 0.417 e. The summed E-state index contributed by atoms with van der Waals surface area (Å²) in [5.41, 5.74) is -2.41. The Labute approximate surface area is 87.7 Å². The predicted molar refractivity (Wildman–Crippen MR) is 46.3 cm³/mol. The number of benzene rings is 1. The van der Waals surface area contributed by atoms with E-state index in [1.54, 1.807) is 0 Å². The van der Waals surface area contributed by atoms with Gasteiger partial charge < -0.3 is 0 Å². The second-order valence-electron chi connectivity index (χ2n) is 2.94. The molecule has 0 heterocycles. The third-order valence-corrected chi connectivity index (χ3v) is 1.93. The number of carbonyl (C=O) groups excluding carboxylic acids is 1. The second kappa shape index (κ2) is 3.81. The van der Waals surface area contributed by atoms with Crippen molar-refractivity contribution >= 4 is 16.8 Å². The van der Waals surface area contributed by atoms with Gasteiger partial charge in [-0.1, -0.05) is 0 Å². The molecule has 82 valence electrons. The Morgan fingerprint density at radius 3 is 2.27 bits per heavy atom. The van der Waals surface area contributed by atoms with E-state index in [0.717, 1.165) is 6.07 Å². The van der Waals surface area contributed by atoms with Crippen LogP contribution in [0.5, 0.6) is 0 Å². The molecule has 0 amide bonds. The van der Waals surface area contributed by atoms with Gasteiger partial charge in [-0.3, -0.25) is 4.79 Å². The van der Waals surface area contributed by atoms with Gasteiger partial charge in [-0.15, -0.1) is 0 Å². The number of carbonyl (C=O) groups is 1. The lowest BCUT2D eigenvalue weighted by atomic mass is 10.0. The van der Waals surface area contributed by atoms with Crippen molar-refractivity contribution in [1.82, 2.24) is 0 Å². The summed E-state index contributed by atoms with van der Waals surface area (Å²) in [6.45, 7) is 1.29. The normalized spacial score (nSPS) is 11.6. The zero-order valence-corrected chi connectivity index (χ0v) is 8.21. The minimum atomic E-state index is -4.80. The quantitative estimate of drug-likeness (QED) is 0.542. The molecule has 1 nitrogen and oxygen atoms in total. The average molecular weight is 241 g/mol. The van der Waals surface area contributed by atoms with Crippen LogP contribution < -0.4 is 0 Å². The molecule has 0 unspecified atom stereocenters. The number of rotatable bonds is 1. The van der Waals surface area contributed by atoms with Gasteiger partial charge in [0, 0.05) is 0 Å². The van der Waals surface area contributed by atoms with Crippen molar-refractivity contribution < 1.29 is 22.4 Å². The van der Waals surface area contributed by atoms with Crippen molar-refractivity contribution in [3.8, 4) is 0 Å². The fraction of sp³-hybridized carbons (Fsp3) is 0.222. The van der Waals surface area contributed by atoms with Crippen LogP contribution in [0.1, 0.15) is 21.5 Å². The van der Waals surface area contributed by atoms with Crippen LogP contribution in [-0.2, 0) is 6.18 Å². The summed E-state index contributed by atoms with van der Waals surface area (Å²) in [4.78, 5) is 10.7. The van der Waals surface area contributed by atoms with Gasteiger partial charge in [0.15, 0.2) is 0 Å². The Bertz CT molecular complexity index is 411. The van der Waals surface area contributed by atoms with E-state index in [0.29, 0.717) is 6.07 Å². The van der Waals surface area contributed by atoms with E-state index in [9.17, 15) is 22.4 Å². The summed E-state index contributed by atoms with van der Waals surface area (Å²) in [5, 5.41) is -1.46. The minimum absolute atomic E-state index is 0.0708. The van der Waals surface area contributed by atoms with Crippen molar-refractivity contribution in [2.24, 2.45) is 0 Å². The number of alkyl halides is 3. The molecule has 6 heteroatoms. The molecule has 0 fully saturated rings. The number of halogens is 5. The molecule has 1 aromatic rings. The zero-order chi connectivity index (χ0) is 11.8. The predicted octanol–water partition coefficient (Wildman–Crippen LogP) is 3.53. The molecule has 1 aromatic carbocycles. The molecule has 0 spiro atoms. The highest BCUT2D eigenvalue weighted by molar-refractivity contribution is 6.68. The van der Waals surface area contributed by atoms with Crippen molar-refractivity contribution in [3.63, 3.8) is 0 Å². The van der Waals surface area contributed by atoms with E-state index in [1.165, 1.54) is 6.92 Å². The van der Waals surface area contributed by atoms with Gasteiger partial charge in [0.25, 0.3) is 5.24 Å². The lowest BCUT2D eigenvalue weighted by molar-refractivity contribution is -0.138. The standard InChI is InChI=1S/C9H5ClF4O/c1-4-2-5(9(12,13)14)7(8(10)15)6(11)3-4/h2-3H,1H3. The molecule has 0 bridgehead atoms. The van der Waals surface area contributed by atoms with Crippen LogP contribution in [0.4, 0.5) is 17.6 Å². The number of hydrogen-bond donors (Lipinski definition) is 0. The molecule has 15 heavy (non-hydrogen) atoms. The van der Waals surface area contributed by atoms with Crippen LogP contribution in [0.3, 0.4) is 0 Å². The molecule has 0 saturated carbocycles. The maximum absolute atomic E-state index is 13.1. The van der Waals surface area contributed by atoms with Crippen molar-refractivity contribution in [2.75, 3.05) is 0 Å². The van der Waals surface area contributed by atoms with Crippen molar-refractivity contribution in [3.05, 3.63) is 34.6 Å². The maximum Gasteiger partial charge on any atom is 0.417 e. The summed E-state index contributed by atoms with van der Waals surface area (Å²) in [5.74, 6) is -1.26. The van der Waals surface area contributed by atoms with Crippen LogP contribution in [0.15, 0.2) is 12.1 Å². The molecule has 0 saturated heterocycles. The van der Waals surface area contributed by atoms with Crippen molar-refractivity contribution in [1.29, 1.82) is 0 Å². The van der Waals surface area contributed by atoms with Crippen molar-refractivity contribution in [2.45, 2.75) is 13.1 Å². The molecule has 0 atom stereocenters. The van der Waals surface area contributed by atoms with E-state index in [2.05, 4.69) is 0 Å². The first-order chi connectivity index (χ1) is 6.73. The SMILES string of the molecule is Cc1cc(F)c(C(=O)Cl)c(C(F)(F)F)c1. The Morgan fingerprint density at radius 2 is 1.87 bits per heavy atom. The smallest absolute Gasteiger partial charge is 0.275 e. The van der Waals surface area contributed by atoms with Crippen LogP contribution in [0.25, 0.3) is 0 Å². The van der Waals surface area contributed by atoms with Gasteiger partial charge in [0.05, 0.1) is 11.1 Å². The molecule has 0 aliphatic carbocycles. The van der Waals surface area contributed by atoms with E-state index in [1.807, 2.05) is 0 Å². The van der Waals surface area contributed by atoms with Gasteiger partial charge in [0.2, 0.25) is 0 Å². The van der Waals surface area contributed by atoms with Gasteiger partial charge >= 0.3 is 6.18 Å². The van der Waals surface area contributed by atoms with E-state index in [4.69, 9.17) is 11.6 Å². The summed E-state index contributed by atoms with van der Waals surface area (Å²) < 4.78 is 50.3. The molecule has 1 rings (SSSR count). The summed E-state index contributed by atoms with van der Waals surface area (Å²) in [6, 6.07) is 1.50. The number of hydrogen-bond acceptors (Lipinski definition) is 1. The molecular weight excluding hydrogens is 236 g/mol. The summed E-state index contributed by atoms with van der Waals surface area (Å²) in [7, 11) is 0. The van der Waals surface area contributed by atoms with Crippen LogP contribution in [0.2, 0.25) is 0 Å². The minimum Gasteiger partial charge on any atom is -0.275 e. The molecule has 0 aliphatic rings. The second-order valence-corrected chi connectivity index (χ2v) is 3.28. The van der Waals surface area contributed by atoms with Gasteiger partial charge in [-0.2, -0.15) is 13.2 Å². The van der Waals surface area contributed by atoms with Gasteiger partial charge in [-0.25, -0.2) is 4.39 Å². The molecule has 0 aliphatic heterocycles. The van der Waals surface area contributed by atoms with Crippen LogP contribution in [-0.4, -0.2) is 5.24 Å².